The highest BCUT2D eigenvalue weighted by Crippen LogP contribution is 2.37. The molecule has 0 unspecified atom stereocenters. The van der Waals surface area contributed by atoms with Crippen LogP contribution in [0.4, 0.5) is 0 Å². The summed E-state index contributed by atoms with van der Waals surface area (Å²) in [6.45, 7) is 2.02. The molecule has 19 heavy (non-hydrogen) atoms. The van der Waals surface area contributed by atoms with Crippen molar-refractivity contribution in [1.29, 1.82) is 0 Å². The molecule has 1 aliphatic rings. The Balaban J connectivity index is 2.21. The van der Waals surface area contributed by atoms with Crippen LogP contribution < -0.4 is 0 Å². The molecule has 0 saturated heterocycles. The minimum Gasteiger partial charge on any atom is -0.459 e. The second-order valence-corrected chi connectivity index (χ2v) is 4.76. The zero-order chi connectivity index (χ0) is 13.7. The molecule has 6 heteroatoms. The summed E-state index contributed by atoms with van der Waals surface area (Å²) in [5, 5.41) is 3.92. The average molecular weight is 268 g/mol. The lowest BCUT2D eigenvalue weighted by Crippen LogP contribution is -2.29. The molecule has 1 saturated carbocycles. The monoisotopic (exact) mass is 268 g/mol. The fourth-order valence-corrected chi connectivity index (χ4v) is 2.50. The fraction of sp³-hybridized carbons (Fsp3) is 0.769. The standard InChI is InChI=1S/C13H20N2O4/c1-3-18-11(16)10-14-12(15-19-10)13(17-2)8-6-4-5-7-9-13/h3-9H2,1-2H3. The van der Waals surface area contributed by atoms with Crippen molar-refractivity contribution >= 4 is 5.97 Å². The van der Waals surface area contributed by atoms with Crippen molar-refractivity contribution < 1.29 is 18.8 Å². The first-order chi connectivity index (χ1) is 9.22. The molecule has 0 radical (unpaired) electrons. The van der Waals surface area contributed by atoms with E-state index in [1.165, 1.54) is 12.8 Å². The maximum atomic E-state index is 11.5. The van der Waals surface area contributed by atoms with E-state index in [1.54, 1.807) is 14.0 Å². The number of carbonyl (C=O) groups excluding carboxylic acids is 1. The van der Waals surface area contributed by atoms with E-state index in [1.807, 2.05) is 0 Å². The smallest absolute Gasteiger partial charge is 0.397 e. The zero-order valence-electron chi connectivity index (χ0n) is 11.5. The second-order valence-electron chi connectivity index (χ2n) is 4.76. The van der Waals surface area contributed by atoms with Gasteiger partial charge in [-0.1, -0.05) is 30.8 Å². The average Bonchev–Trinajstić information content (AvgIpc) is 2.79. The summed E-state index contributed by atoms with van der Waals surface area (Å²) in [6, 6.07) is 0. The molecule has 0 aromatic carbocycles. The van der Waals surface area contributed by atoms with Crippen LogP contribution >= 0.6 is 0 Å². The molecule has 2 rings (SSSR count). The Hall–Kier alpha value is -1.43. The summed E-state index contributed by atoms with van der Waals surface area (Å²) in [5.41, 5.74) is -0.523. The third-order valence-corrected chi connectivity index (χ3v) is 3.59. The molecule has 6 nitrogen and oxygen atoms in total. The molecular weight excluding hydrogens is 248 g/mol. The summed E-state index contributed by atoms with van der Waals surface area (Å²) in [7, 11) is 1.66. The Kier molecular flexibility index (Phi) is 4.52. The van der Waals surface area contributed by atoms with E-state index in [0.717, 1.165) is 25.7 Å². The van der Waals surface area contributed by atoms with Gasteiger partial charge in [0.2, 0.25) is 5.82 Å². The van der Waals surface area contributed by atoms with Gasteiger partial charge in [0.1, 0.15) is 5.60 Å². The molecule has 1 aliphatic carbocycles. The highest BCUT2D eigenvalue weighted by atomic mass is 16.6. The third-order valence-electron chi connectivity index (χ3n) is 3.59. The Bertz CT molecular complexity index is 422. The largest absolute Gasteiger partial charge is 0.459 e. The number of rotatable bonds is 4. The first-order valence-electron chi connectivity index (χ1n) is 6.78. The van der Waals surface area contributed by atoms with Crippen LogP contribution in [0, 0.1) is 0 Å². The highest BCUT2D eigenvalue weighted by molar-refractivity contribution is 5.83. The number of nitrogens with zero attached hydrogens (tertiary/aromatic N) is 2. The molecule has 1 aromatic heterocycles. The summed E-state index contributed by atoms with van der Waals surface area (Å²) < 4.78 is 15.5. The lowest BCUT2D eigenvalue weighted by molar-refractivity contribution is -0.0365. The Morgan fingerprint density at radius 3 is 2.58 bits per heavy atom. The Labute approximate surface area is 112 Å². The van der Waals surface area contributed by atoms with E-state index in [0.29, 0.717) is 5.82 Å². The maximum absolute atomic E-state index is 11.5. The Morgan fingerprint density at radius 2 is 2.00 bits per heavy atom. The number of ether oxygens (including phenoxy) is 2. The molecule has 0 amide bonds. The van der Waals surface area contributed by atoms with Gasteiger partial charge < -0.3 is 14.0 Å². The van der Waals surface area contributed by atoms with Crippen molar-refractivity contribution in [3.8, 4) is 0 Å². The number of esters is 1. The first-order valence-corrected chi connectivity index (χ1v) is 6.78. The van der Waals surface area contributed by atoms with Crippen LogP contribution in [-0.2, 0) is 15.1 Å². The van der Waals surface area contributed by atoms with Crippen molar-refractivity contribution in [2.24, 2.45) is 0 Å². The van der Waals surface area contributed by atoms with Crippen molar-refractivity contribution in [2.45, 2.75) is 51.0 Å². The molecule has 0 N–H and O–H groups in total. The van der Waals surface area contributed by atoms with Gasteiger partial charge in [-0.15, -0.1) is 0 Å². The number of carbonyl (C=O) groups is 1. The molecule has 1 heterocycles. The Morgan fingerprint density at radius 1 is 1.32 bits per heavy atom. The van der Waals surface area contributed by atoms with Crippen LogP contribution in [0.1, 0.15) is 62.0 Å². The van der Waals surface area contributed by atoms with Gasteiger partial charge in [0.05, 0.1) is 6.61 Å². The summed E-state index contributed by atoms with van der Waals surface area (Å²) in [6.07, 6.45) is 6.21. The molecular formula is C13H20N2O4. The topological polar surface area (TPSA) is 74.5 Å². The second kappa shape index (κ2) is 6.14. The minimum absolute atomic E-state index is 0.0995. The summed E-state index contributed by atoms with van der Waals surface area (Å²) >= 11 is 0. The van der Waals surface area contributed by atoms with Crippen molar-refractivity contribution in [1.82, 2.24) is 10.1 Å². The minimum atomic E-state index is -0.582. The zero-order valence-corrected chi connectivity index (χ0v) is 11.5. The van der Waals surface area contributed by atoms with Crippen molar-refractivity contribution in [3.05, 3.63) is 11.7 Å². The number of methoxy groups -OCH3 is 1. The van der Waals surface area contributed by atoms with Gasteiger partial charge in [-0.2, -0.15) is 4.98 Å². The number of hydrogen-bond acceptors (Lipinski definition) is 6. The van der Waals surface area contributed by atoms with Crippen LogP contribution in [0.15, 0.2) is 4.52 Å². The lowest BCUT2D eigenvalue weighted by Gasteiger charge is -2.27. The van der Waals surface area contributed by atoms with Crippen LogP contribution in [0.25, 0.3) is 0 Å². The normalized spacial score (nSPS) is 18.8. The molecule has 0 spiro atoms. The lowest BCUT2D eigenvalue weighted by atomic mass is 9.93. The summed E-state index contributed by atoms with van der Waals surface area (Å²) in [5.74, 6) is -0.224. The van der Waals surface area contributed by atoms with Gasteiger partial charge in [-0.25, -0.2) is 4.79 Å². The van der Waals surface area contributed by atoms with Crippen LogP contribution in [0.2, 0.25) is 0 Å². The molecule has 0 bridgehead atoms. The molecule has 0 aliphatic heterocycles. The quantitative estimate of drug-likeness (QED) is 0.616. The molecule has 106 valence electrons. The van der Waals surface area contributed by atoms with E-state index < -0.39 is 11.6 Å². The van der Waals surface area contributed by atoms with E-state index in [9.17, 15) is 4.79 Å². The highest BCUT2D eigenvalue weighted by Gasteiger charge is 2.38. The summed E-state index contributed by atoms with van der Waals surface area (Å²) in [4.78, 5) is 15.7. The first kappa shape index (κ1) is 14.0. The van der Waals surface area contributed by atoms with Crippen LogP contribution in [0.3, 0.4) is 0 Å². The fourth-order valence-electron chi connectivity index (χ4n) is 2.50. The van der Waals surface area contributed by atoms with Gasteiger partial charge in [0.15, 0.2) is 0 Å². The number of aromatic nitrogens is 2. The predicted molar refractivity (Wildman–Crippen MR) is 66.6 cm³/mol. The van der Waals surface area contributed by atoms with Crippen molar-refractivity contribution in [3.63, 3.8) is 0 Å². The molecule has 1 aromatic rings. The maximum Gasteiger partial charge on any atom is 0.397 e. The van der Waals surface area contributed by atoms with Gasteiger partial charge in [-0.05, 0) is 19.8 Å². The van der Waals surface area contributed by atoms with Gasteiger partial charge in [0.25, 0.3) is 0 Å². The van der Waals surface area contributed by atoms with E-state index in [-0.39, 0.29) is 12.5 Å². The van der Waals surface area contributed by atoms with E-state index >= 15 is 0 Å². The van der Waals surface area contributed by atoms with Crippen molar-refractivity contribution in [2.75, 3.05) is 13.7 Å². The third kappa shape index (κ3) is 2.94. The van der Waals surface area contributed by atoms with Crippen LogP contribution in [0.5, 0.6) is 0 Å². The molecule has 0 atom stereocenters. The van der Waals surface area contributed by atoms with E-state index in [4.69, 9.17) is 14.0 Å². The van der Waals surface area contributed by atoms with E-state index in [2.05, 4.69) is 10.1 Å². The van der Waals surface area contributed by atoms with Gasteiger partial charge >= 0.3 is 11.9 Å². The predicted octanol–water partition coefficient (Wildman–Crippen LogP) is 2.44. The molecule has 1 fully saturated rings. The SMILES string of the molecule is CCOC(=O)c1nc(C2(OC)CCCCCC2)no1. The van der Waals surface area contributed by atoms with Gasteiger partial charge in [-0.3, -0.25) is 0 Å². The van der Waals surface area contributed by atoms with Crippen LogP contribution in [-0.4, -0.2) is 29.8 Å². The number of hydrogen-bond donors (Lipinski definition) is 0. The van der Waals surface area contributed by atoms with Gasteiger partial charge in [0, 0.05) is 7.11 Å².